The molecule has 20 heavy (non-hydrogen) atoms. The molecule has 3 unspecified atom stereocenters. The maximum absolute atomic E-state index is 6.09. The van der Waals surface area contributed by atoms with Crippen LogP contribution in [0.5, 0.6) is 0 Å². The van der Waals surface area contributed by atoms with E-state index in [1.807, 2.05) is 7.11 Å². The van der Waals surface area contributed by atoms with Gasteiger partial charge in [-0.25, -0.2) is 0 Å². The van der Waals surface area contributed by atoms with Gasteiger partial charge in [-0.05, 0) is 50.0 Å². The molecule has 0 aromatic rings. The lowest BCUT2D eigenvalue weighted by Crippen LogP contribution is -2.56. The Bertz CT molecular complexity index is 307. The summed E-state index contributed by atoms with van der Waals surface area (Å²) in [4.78, 5) is 0. The fourth-order valence-electron chi connectivity index (χ4n) is 4.09. The van der Waals surface area contributed by atoms with E-state index in [1.54, 1.807) is 0 Å². The van der Waals surface area contributed by atoms with E-state index in [2.05, 4.69) is 33.0 Å². The minimum atomic E-state index is 0.159. The first kappa shape index (κ1) is 16.3. The van der Waals surface area contributed by atoms with Crippen molar-refractivity contribution in [1.29, 1.82) is 0 Å². The lowest BCUT2D eigenvalue weighted by molar-refractivity contribution is -0.156. The van der Waals surface area contributed by atoms with Crippen molar-refractivity contribution in [3.8, 4) is 0 Å². The Morgan fingerprint density at radius 3 is 2.50 bits per heavy atom. The van der Waals surface area contributed by atoms with E-state index in [0.717, 1.165) is 19.6 Å². The molecular formula is C17H33NO2. The van der Waals surface area contributed by atoms with Gasteiger partial charge in [0.1, 0.15) is 0 Å². The highest BCUT2D eigenvalue weighted by molar-refractivity contribution is 4.99. The molecule has 3 atom stereocenters. The second kappa shape index (κ2) is 6.33. The number of likely N-dealkylation sites (N-methyl/N-ethyl adjacent to an activating group) is 1. The van der Waals surface area contributed by atoms with E-state index in [1.165, 1.54) is 25.7 Å². The Morgan fingerprint density at radius 1 is 1.35 bits per heavy atom. The molecule has 2 aliphatic rings. The SMILES string of the molecule is CCNC(C1CCOC2(CCC2)C1)C(OC)C(C)(C)C. The van der Waals surface area contributed by atoms with Crippen molar-refractivity contribution in [2.45, 2.75) is 77.5 Å². The van der Waals surface area contributed by atoms with Crippen LogP contribution in [0.2, 0.25) is 0 Å². The smallest absolute Gasteiger partial charge is 0.0775 e. The van der Waals surface area contributed by atoms with Gasteiger partial charge in [0, 0.05) is 19.8 Å². The topological polar surface area (TPSA) is 30.5 Å². The number of rotatable bonds is 5. The van der Waals surface area contributed by atoms with E-state index in [4.69, 9.17) is 9.47 Å². The van der Waals surface area contributed by atoms with E-state index >= 15 is 0 Å². The summed E-state index contributed by atoms with van der Waals surface area (Å²) in [7, 11) is 1.86. The molecule has 1 spiro atoms. The first-order valence-electron chi connectivity index (χ1n) is 8.32. The highest BCUT2D eigenvalue weighted by Gasteiger charge is 2.46. The second-order valence-electron chi connectivity index (χ2n) is 7.74. The van der Waals surface area contributed by atoms with Gasteiger partial charge in [-0.2, -0.15) is 0 Å². The third kappa shape index (κ3) is 3.37. The Balaban J connectivity index is 2.10. The molecule has 1 aliphatic heterocycles. The molecular weight excluding hydrogens is 250 g/mol. The van der Waals surface area contributed by atoms with Crippen LogP contribution in [0.1, 0.15) is 59.8 Å². The predicted octanol–water partition coefficient (Wildman–Crippen LogP) is 3.37. The average Bonchev–Trinajstić information content (AvgIpc) is 2.35. The summed E-state index contributed by atoms with van der Waals surface area (Å²) in [5, 5.41) is 3.72. The summed E-state index contributed by atoms with van der Waals surface area (Å²) in [6.45, 7) is 11.0. The molecule has 0 radical (unpaired) electrons. The third-order valence-electron chi connectivity index (χ3n) is 5.18. The predicted molar refractivity (Wildman–Crippen MR) is 83.0 cm³/mol. The van der Waals surface area contributed by atoms with Crippen LogP contribution < -0.4 is 5.32 Å². The first-order valence-corrected chi connectivity index (χ1v) is 8.32. The van der Waals surface area contributed by atoms with Gasteiger partial charge >= 0.3 is 0 Å². The summed E-state index contributed by atoms with van der Waals surface area (Å²) in [6, 6.07) is 0.436. The van der Waals surface area contributed by atoms with Gasteiger partial charge in [0.05, 0.1) is 11.7 Å². The van der Waals surface area contributed by atoms with Crippen molar-refractivity contribution in [1.82, 2.24) is 5.32 Å². The molecule has 1 N–H and O–H groups in total. The molecule has 0 bridgehead atoms. The standard InChI is InChI=1S/C17H33NO2/c1-6-18-14(15(19-5)16(2,3)4)13-8-11-20-17(12-13)9-7-10-17/h13-15,18H,6-12H2,1-5H3. The lowest BCUT2D eigenvalue weighted by atomic mass is 9.68. The summed E-state index contributed by atoms with van der Waals surface area (Å²) in [5.74, 6) is 0.674. The van der Waals surface area contributed by atoms with Crippen LogP contribution >= 0.6 is 0 Å². The highest BCUT2D eigenvalue weighted by atomic mass is 16.5. The third-order valence-corrected chi connectivity index (χ3v) is 5.18. The van der Waals surface area contributed by atoms with Gasteiger partial charge in [0.2, 0.25) is 0 Å². The number of hydrogen-bond acceptors (Lipinski definition) is 3. The number of ether oxygens (including phenoxy) is 2. The number of methoxy groups -OCH3 is 1. The summed E-state index contributed by atoms with van der Waals surface area (Å²) in [5.41, 5.74) is 0.374. The van der Waals surface area contributed by atoms with E-state index < -0.39 is 0 Å². The molecule has 1 aliphatic carbocycles. The zero-order chi connectivity index (χ0) is 14.8. The Morgan fingerprint density at radius 2 is 2.05 bits per heavy atom. The molecule has 2 fully saturated rings. The van der Waals surface area contributed by atoms with Crippen LogP contribution in [0.3, 0.4) is 0 Å². The van der Waals surface area contributed by atoms with Crippen molar-refractivity contribution in [2.75, 3.05) is 20.3 Å². The van der Waals surface area contributed by atoms with Gasteiger partial charge in [0.15, 0.2) is 0 Å². The fourth-order valence-corrected chi connectivity index (χ4v) is 4.09. The van der Waals surface area contributed by atoms with Crippen molar-refractivity contribution in [3.05, 3.63) is 0 Å². The zero-order valence-electron chi connectivity index (χ0n) is 14.0. The average molecular weight is 283 g/mol. The highest BCUT2D eigenvalue weighted by Crippen LogP contribution is 2.46. The summed E-state index contributed by atoms with van der Waals surface area (Å²) in [6.07, 6.45) is 6.48. The van der Waals surface area contributed by atoms with E-state index in [0.29, 0.717) is 12.0 Å². The van der Waals surface area contributed by atoms with Crippen LogP contribution in [0.15, 0.2) is 0 Å². The van der Waals surface area contributed by atoms with E-state index in [-0.39, 0.29) is 17.1 Å². The Labute approximate surface area is 124 Å². The molecule has 3 nitrogen and oxygen atoms in total. The Hall–Kier alpha value is -0.120. The summed E-state index contributed by atoms with van der Waals surface area (Å²) >= 11 is 0. The molecule has 3 heteroatoms. The van der Waals surface area contributed by atoms with Crippen LogP contribution in [0.25, 0.3) is 0 Å². The quantitative estimate of drug-likeness (QED) is 0.839. The molecule has 1 saturated carbocycles. The van der Waals surface area contributed by atoms with Gasteiger partial charge in [-0.3, -0.25) is 0 Å². The van der Waals surface area contributed by atoms with Crippen LogP contribution in [-0.4, -0.2) is 38.0 Å². The Kier molecular flexibility index (Phi) is 5.14. The lowest BCUT2D eigenvalue weighted by Gasteiger charge is -2.50. The van der Waals surface area contributed by atoms with Crippen LogP contribution in [0.4, 0.5) is 0 Å². The molecule has 1 heterocycles. The van der Waals surface area contributed by atoms with Gasteiger partial charge in [-0.15, -0.1) is 0 Å². The summed E-state index contributed by atoms with van der Waals surface area (Å²) < 4.78 is 12.0. The second-order valence-corrected chi connectivity index (χ2v) is 7.74. The van der Waals surface area contributed by atoms with Crippen LogP contribution in [0, 0.1) is 11.3 Å². The normalized spacial score (nSPS) is 28.9. The van der Waals surface area contributed by atoms with Crippen LogP contribution in [-0.2, 0) is 9.47 Å². The first-order chi connectivity index (χ1) is 9.42. The van der Waals surface area contributed by atoms with Crippen molar-refractivity contribution in [3.63, 3.8) is 0 Å². The van der Waals surface area contributed by atoms with E-state index in [9.17, 15) is 0 Å². The number of hydrogen-bond donors (Lipinski definition) is 1. The van der Waals surface area contributed by atoms with Gasteiger partial charge < -0.3 is 14.8 Å². The monoisotopic (exact) mass is 283 g/mol. The van der Waals surface area contributed by atoms with Gasteiger partial charge in [0.25, 0.3) is 0 Å². The maximum Gasteiger partial charge on any atom is 0.0775 e. The minimum Gasteiger partial charge on any atom is -0.379 e. The molecule has 118 valence electrons. The zero-order valence-corrected chi connectivity index (χ0v) is 14.0. The molecule has 0 aromatic carbocycles. The molecule has 2 rings (SSSR count). The molecule has 0 amide bonds. The largest absolute Gasteiger partial charge is 0.379 e. The van der Waals surface area contributed by atoms with Crippen molar-refractivity contribution < 1.29 is 9.47 Å². The minimum absolute atomic E-state index is 0.159. The maximum atomic E-state index is 6.09. The van der Waals surface area contributed by atoms with Gasteiger partial charge in [-0.1, -0.05) is 27.7 Å². The van der Waals surface area contributed by atoms with Crippen molar-refractivity contribution in [2.24, 2.45) is 11.3 Å². The van der Waals surface area contributed by atoms with Crippen molar-refractivity contribution >= 4 is 0 Å². The molecule has 1 saturated heterocycles. The number of nitrogens with one attached hydrogen (secondary N) is 1. The molecule has 0 aromatic heterocycles. The fraction of sp³-hybridized carbons (Fsp3) is 1.00.